The van der Waals surface area contributed by atoms with Crippen molar-refractivity contribution in [1.82, 2.24) is 9.97 Å². The molecule has 3 heteroatoms. The summed E-state index contributed by atoms with van der Waals surface area (Å²) in [6.45, 7) is 6.17. The summed E-state index contributed by atoms with van der Waals surface area (Å²) in [6, 6.07) is 6.61. The lowest BCUT2D eigenvalue weighted by molar-refractivity contribution is 0.565. The maximum absolute atomic E-state index is 13.6. The quantitative estimate of drug-likeness (QED) is 0.748. The Bertz CT molecular complexity index is 530. The summed E-state index contributed by atoms with van der Waals surface area (Å²) in [5, 5.41) is 0. The van der Waals surface area contributed by atoms with E-state index in [0.29, 0.717) is 11.3 Å². The molecule has 0 unspecified atom stereocenters. The van der Waals surface area contributed by atoms with E-state index in [1.165, 1.54) is 6.07 Å². The molecule has 88 valence electrons. The molecule has 0 spiro atoms. The third-order valence-corrected chi connectivity index (χ3v) is 2.55. The zero-order valence-corrected chi connectivity index (χ0v) is 10.2. The number of hydrogen-bond donors (Lipinski definition) is 0. The van der Waals surface area contributed by atoms with Crippen LogP contribution < -0.4 is 0 Å². The summed E-state index contributed by atoms with van der Waals surface area (Å²) >= 11 is 0. The lowest BCUT2D eigenvalue weighted by Crippen LogP contribution is -2.14. The van der Waals surface area contributed by atoms with E-state index >= 15 is 0 Å². The highest BCUT2D eigenvalue weighted by atomic mass is 19.1. The Hall–Kier alpha value is -1.77. The molecule has 0 amide bonds. The van der Waals surface area contributed by atoms with Gasteiger partial charge in [-0.25, -0.2) is 9.37 Å². The minimum atomic E-state index is -0.271. The molecule has 1 aromatic heterocycles. The fourth-order valence-electron chi connectivity index (χ4n) is 1.53. The van der Waals surface area contributed by atoms with Gasteiger partial charge in [0.1, 0.15) is 5.82 Å². The Morgan fingerprint density at radius 2 is 1.76 bits per heavy atom. The predicted octanol–water partition coefficient (Wildman–Crippen LogP) is 3.58. The van der Waals surface area contributed by atoms with Crippen molar-refractivity contribution in [3.63, 3.8) is 0 Å². The monoisotopic (exact) mass is 230 g/mol. The maximum Gasteiger partial charge on any atom is 0.132 e. The van der Waals surface area contributed by atoms with Crippen LogP contribution in [0, 0.1) is 5.82 Å². The minimum Gasteiger partial charge on any atom is -0.261 e. The first-order valence-corrected chi connectivity index (χ1v) is 5.56. The van der Waals surface area contributed by atoms with Gasteiger partial charge in [-0.1, -0.05) is 32.9 Å². The van der Waals surface area contributed by atoms with Gasteiger partial charge >= 0.3 is 0 Å². The highest BCUT2D eigenvalue weighted by Crippen LogP contribution is 2.24. The second kappa shape index (κ2) is 4.24. The molecular weight excluding hydrogens is 215 g/mol. The van der Waals surface area contributed by atoms with Gasteiger partial charge in [-0.15, -0.1) is 0 Å². The fourth-order valence-corrected chi connectivity index (χ4v) is 1.53. The van der Waals surface area contributed by atoms with E-state index in [9.17, 15) is 4.39 Å². The van der Waals surface area contributed by atoms with E-state index in [0.717, 1.165) is 5.69 Å². The first kappa shape index (κ1) is 11.7. The minimum absolute atomic E-state index is 0.0890. The molecule has 0 saturated heterocycles. The number of halogens is 1. The third-order valence-electron chi connectivity index (χ3n) is 2.55. The Labute approximate surface area is 101 Å². The Kier molecular flexibility index (Phi) is 2.92. The highest BCUT2D eigenvalue weighted by Gasteiger charge is 2.17. The van der Waals surface area contributed by atoms with E-state index in [1.807, 2.05) is 0 Å². The summed E-state index contributed by atoms with van der Waals surface area (Å²) < 4.78 is 13.6. The molecule has 0 N–H and O–H groups in total. The second-order valence-corrected chi connectivity index (χ2v) is 5.02. The molecule has 0 aliphatic heterocycles. The lowest BCUT2D eigenvalue weighted by Gasteiger charge is -2.17. The van der Waals surface area contributed by atoms with Crippen LogP contribution in [-0.4, -0.2) is 9.97 Å². The summed E-state index contributed by atoms with van der Waals surface area (Å²) in [7, 11) is 0. The second-order valence-electron chi connectivity index (χ2n) is 5.02. The van der Waals surface area contributed by atoms with E-state index < -0.39 is 0 Å². The summed E-state index contributed by atoms with van der Waals surface area (Å²) in [4.78, 5) is 8.61. The Morgan fingerprint density at radius 1 is 1.06 bits per heavy atom. The van der Waals surface area contributed by atoms with Gasteiger partial charge in [-0.2, -0.15) is 0 Å². The van der Waals surface area contributed by atoms with Crippen LogP contribution in [0.5, 0.6) is 0 Å². The topological polar surface area (TPSA) is 25.8 Å². The van der Waals surface area contributed by atoms with Crippen LogP contribution in [0.1, 0.15) is 26.5 Å². The van der Waals surface area contributed by atoms with Crippen LogP contribution in [0.2, 0.25) is 0 Å². The SMILES string of the molecule is CC(C)(C)c1cncc(-c2ccccc2F)n1. The lowest BCUT2D eigenvalue weighted by atomic mass is 9.92. The molecule has 0 bridgehead atoms. The van der Waals surface area contributed by atoms with Gasteiger partial charge in [-0.3, -0.25) is 4.98 Å². The van der Waals surface area contributed by atoms with Crippen molar-refractivity contribution >= 4 is 0 Å². The molecule has 2 aromatic rings. The number of aromatic nitrogens is 2. The van der Waals surface area contributed by atoms with Gasteiger partial charge in [0.25, 0.3) is 0 Å². The molecule has 2 rings (SSSR count). The van der Waals surface area contributed by atoms with Crippen LogP contribution in [-0.2, 0) is 5.41 Å². The number of benzene rings is 1. The first-order valence-electron chi connectivity index (χ1n) is 5.56. The predicted molar refractivity (Wildman–Crippen MR) is 66.1 cm³/mol. The van der Waals surface area contributed by atoms with Crippen molar-refractivity contribution in [2.75, 3.05) is 0 Å². The smallest absolute Gasteiger partial charge is 0.132 e. The van der Waals surface area contributed by atoms with Gasteiger partial charge in [-0.05, 0) is 12.1 Å². The Balaban J connectivity index is 2.51. The normalized spacial score (nSPS) is 11.5. The van der Waals surface area contributed by atoms with Gasteiger partial charge in [0, 0.05) is 17.2 Å². The van der Waals surface area contributed by atoms with Crippen LogP contribution in [0.15, 0.2) is 36.7 Å². The summed E-state index contributed by atoms with van der Waals surface area (Å²) in [5.41, 5.74) is 1.84. The van der Waals surface area contributed by atoms with E-state index in [4.69, 9.17) is 0 Å². The molecule has 2 nitrogen and oxygen atoms in total. The maximum atomic E-state index is 13.6. The average Bonchev–Trinajstić information content (AvgIpc) is 2.29. The number of nitrogens with zero attached hydrogens (tertiary/aromatic N) is 2. The van der Waals surface area contributed by atoms with E-state index in [1.54, 1.807) is 30.6 Å². The van der Waals surface area contributed by atoms with E-state index in [2.05, 4.69) is 30.7 Å². The molecule has 0 aliphatic rings. The van der Waals surface area contributed by atoms with Gasteiger partial charge in [0.05, 0.1) is 17.6 Å². The van der Waals surface area contributed by atoms with Crippen LogP contribution in [0.25, 0.3) is 11.3 Å². The fraction of sp³-hybridized carbons (Fsp3) is 0.286. The molecular formula is C14H15FN2. The van der Waals surface area contributed by atoms with Crippen molar-refractivity contribution < 1.29 is 4.39 Å². The molecule has 0 fully saturated rings. The standard InChI is InChI=1S/C14H15FN2/c1-14(2,3)13-9-16-8-12(17-13)10-6-4-5-7-11(10)15/h4-9H,1-3H3. The van der Waals surface area contributed by atoms with Gasteiger partial charge in [0.2, 0.25) is 0 Å². The van der Waals surface area contributed by atoms with Crippen molar-refractivity contribution in [2.24, 2.45) is 0 Å². The van der Waals surface area contributed by atoms with E-state index in [-0.39, 0.29) is 11.2 Å². The van der Waals surface area contributed by atoms with Crippen LogP contribution >= 0.6 is 0 Å². The van der Waals surface area contributed by atoms with Gasteiger partial charge < -0.3 is 0 Å². The zero-order valence-electron chi connectivity index (χ0n) is 10.2. The number of rotatable bonds is 1. The first-order chi connectivity index (χ1) is 7.98. The Morgan fingerprint density at radius 3 is 2.41 bits per heavy atom. The molecule has 0 radical (unpaired) electrons. The average molecular weight is 230 g/mol. The van der Waals surface area contributed by atoms with Crippen LogP contribution in [0.4, 0.5) is 4.39 Å². The van der Waals surface area contributed by atoms with Crippen molar-refractivity contribution in [3.8, 4) is 11.3 Å². The molecule has 0 aliphatic carbocycles. The van der Waals surface area contributed by atoms with Gasteiger partial charge in [0.15, 0.2) is 0 Å². The van der Waals surface area contributed by atoms with Crippen molar-refractivity contribution in [3.05, 3.63) is 48.2 Å². The van der Waals surface area contributed by atoms with Crippen molar-refractivity contribution in [2.45, 2.75) is 26.2 Å². The largest absolute Gasteiger partial charge is 0.261 e. The molecule has 0 atom stereocenters. The number of hydrogen-bond acceptors (Lipinski definition) is 2. The van der Waals surface area contributed by atoms with Crippen molar-refractivity contribution in [1.29, 1.82) is 0 Å². The molecule has 1 heterocycles. The summed E-state index contributed by atoms with van der Waals surface area (Å²) in [6.07, 6.45) is 3.32. The summed E-state index contributed by atoms with van der Waals surface area (Å²) in [5.74, 6) is -0.271. The molecule has 17 heavy (non-hydrogen) atoms. The van der Waals surface area contributed by atoms with Crippen LogP contribution in [0.3, 0.4) is 0 Å². The third kappa shape index (κ3) is 2.49. The molecule has 1 aromatic carbocycles. The highest BCUT2D eigenvalue weighted by molar-refractivity contribution is 5.58. The zero-order chi connectivity index (χ0) is 12.5. The molecule has 0 saturated carbocycles.